The fourth-order valence-electron chi connectivity index (χ4n) is 2.99. The molecule has 0 N–H and O–H groups in total. The van der Waals surface area contributed by atoms with Crippen molar-refractivity contribution in [3.05, 3.63) is 29.5 Å². The normalized spacial score (nSPS) is 19.0. The van der Waals surface area contributed by atoms with E-state index in [1.54, 1.807) is 17.7 Å². The lowest BCUT2D eigenvalue weighted by atomic mass is 9.97. The minimum atomic E-state index is 0.307. The van der Waals surface area contributed by atoms with E-state index in [4.69, 9.17) is 4.52 Å². The van der Waals surface area contributed by atoms with Crippen LogP contribution in [0.1, 0.15) is 37.4 Å². The Morgan fingerprint density at radius 1 is 1.41 bits per heavy atom. The second-order valence-corrected chi connectivity index (χ2v) is 6.42. The molecule has 0 unspecified atom stereocenters. The van der Waals surface area contributed by atoms with Gasteiger partial charge in [-0.05, 0) is 24.3 Å². The van der Waals surface area contributed by atoms with Gasteiger partial charge in [0.1, 0.15) is 17.0 Å². The maximum absolute atomic E-state index is 5.26. The first kappa shape index (κ1) is 13.6. The fourth-order valence-corrected chi connectivity index (χ4v) is 3.71. The predicted molar refractivity (Wildman–Crippen MR) is 85.3 cm³/mol. The average Bonchev–Trinajstić information content (AvgIpc) is 3.23. The predicted octanol–water partition coefficient (Wildman–Crippen LogP) is 3.02. The summed E-state index contributed by atoms with van der Waals surface area (Å²) in [7, 11) is 0. The van der Waals surface area contributed by atoms with Gasteiger partial charge < -0.3 is 9.42 Å². The van der Waals surface area contributed by atoms with E-state index >= 15 is 0 Å². The highest BCUT2D eigenvalue weighted by Crippen LogP contribution is 2.32. The lowest BCUT2D eigenvalue weighted by Crippen LogP contribution is -2.35. The average molecular weight is 315 g/mol. The number of piperidine rings is 1. The molecule has 1 aliphatic rings. The summed E-state index contributed by atoms with van der Waals surface area (Å²) in [4.78, 5) is 16.7. The van der Waals surface area contributed by atoms with E-state index in [0.717, 1.165) is 60.1 Å². The van der Waals surface area contributed by atoms with Gasteiger partial charge in [-0.3, -0.25) is 0 Å². The van der Waals surface area contributed by atoms with Crippen LogP contribution in [-0.4, -0.2) is 33.2 Å². The van der Waals surface area contributed by atoms with Crippen LogP contribution in [-0.2, 0) is 6.42 Å². The third kappa shape index (κ3) is 2.35. The first-order chi connectivity index (χ1) is 10.8. The topological polar surface area (TPSA) is 67.9 Å². The molecule has 4 heterocycles. The molecule has 3 aromatic rings. The molecule has 4 rings (SSSR count). The van der Waals surface area contributed by atoms with Gasteiger partial charge in [-0.1, -0.05) is 12.1 Å². The van der Waals surface area contributed by atoms with Gasteiger partial charge >= 0.3 is 0 Å². The number of rotatable bonds is 3. The maximum atomic E-state index is 5.26. The number of anilines is 1. The van der Waals surface area contributed by atoms with Crippen molar-refractivity contribution in [1.29, 1.82) is 0 Å². The summed E-state index contributed by atoms with van der Waals surface area (Å²) in [5.41, 5.74) is 0. The molecule has 114 valence electrons. The summed E-state index contributed by atoms with van der Waals surface area (Å²) in [5.74, 6) is 2.88. The largest absolute Gasteiger partial charge is 0.355 e. The molecule has 0 bridgehead atoms. The number of fused-ring (bicyclic) bond motifs is 1. The summed E-state index contributed by atoms with van der Waals surface area (Å²) >= 11 is 1.65. The maximum Gasteiger partial charge on any atom is 0.226 e. The standard InChI is InChI=1S/C15H17N5OS/c1-2-12-18-13(19-21-12)10-4-3-6-20(8-10)14-11-5-7-22-15(11)17-9-16-14/h5,7,9-10H,2-4,6,8H2,1H3/t10-/m0/s1. The zero-order valence-corrected chi connectivity index (χ0v) is 13.2. The number of hydrogen-bond acceptors (Lipinski definition) is 7. The first-order valence-electron chi connectivity index (χ1n) is 7.60. The van der Waals surface area contributed by atoms with E-state index in [-0.39, 0.29) is 0 Å². The van der Waals surface area contributed by atoms with Crippen LogP contribution in [0.25, 0.3) is 10.2 Å². The second kappa shape index (κ2) is 5.64. The molecule has 1 aliphatic heterocycles. The van der Waals surface area contributed by atoms with Gasteiger partial charge in [-0.2, -0.15) is 4.98 Å². The van der Waals surface area contributed by atoms with E-state index in [1.807, 2.05) is 6.92 Å². The summed E-state index contributed by atoms with van der Waals surface area (Å²) in [6, 6.07) is 2.10. The van der Waals surface area contributed by atoms with Crippen LogP contribution in [0.3, 0.4) is 0 Å². The van der Waals surface area contributed by atoms with Crippen LogP contribution in [0.15, 0.2) is 22.3 Å². The molecule has 0 radical (unpaired) electrons. The monoisotopic (exact) mass is 315 g/mol. The van der Waals surface area contributed by atoms with Gasteiger partial charge in [0.15, 0.2) is 5.82 Å². The van der Waals surface area contributed by atoms with Crippen molar-refractivity contribution in [2.24, 2.45) is 0 Å². The van der Waals surface area contributed by atoms with Gasteiger partial charge in [0.05, 0.1) is 5.39 Å². The number of aryl methyl sites for hydroxylation is 1. The molecule has 0 saturated carbocycles. The Morgan fingerprint density at radius 3 is 3.23 bits per heavy atom. The van der Waals surface area contributed by atoms with Crippen molar-refractivity contribution in [1.82, 2.24) is 20.1 Å². The molecule has 6 nitrogen and oxygen atoms in total. The SMILES string of the molecule is CCc1nc([C@H]2CCCN(c3ncnc4sccc34)C2)no1. The molecule has 0 amide bonds. The lowest BCUT2D eigenvalue weighted by Gasteiger charge is -2.32. The van der Waals surface area contributed by atoms with Crippen molar-refractivity contribution in [2.45, 2.75) is 32.1 Å². The van der Waals surface area contributed by atoms with Crippen LogP contribution in [0.2, 0.25) is 0 Å². The Hall–Kier alpha value is -2.02. The smallest absolute Gasteiger partial charge is 0.226 e. The third-order valence-corrected chi connectivity index (χ3v) is 4.93. The molecular weight excluding hydrogens is 298 g/mol. The van der Waals surface area contributed by atoms with E-state index < -0.39 is 0 Å². The third-order valence-electron chi connectivity index (χ3n) is 4.11. The zero-order chi connectivity index (χ0) is 14.9. The van der Waals surface area contributed by atoms with Crippen LogP contribution in [0.5, 0.6) is 0 Å². The number of aromatic nitrogens is 4. The Morgan fingerprint density at radius 2 is 2.36 bits per heavy atom. The highest BCUT2D eigenvalue weighted by molar-refractivity contribution is 7.16. The molecule has 0 aromatic carbocycles. The molecule has 1 atom stereocenters. The van der Waals surface area contributed by atoms with Crippen LogP contribution < -0.4 is 4.90 Å². The molecule has 1 fully saturated rings. The van der Waals surface area contributed by atoms with E-state index in [0.29, 0.717) is 5.92 Å². The van der Waals surface area contributed by atoms with E-state index in [1.165, 1.54) is 0 Å². The van der Waals surface area contributed by atoms with Crippen LogP contribution >= 0.6 is 11.3 Å². The quantitative estimate of drug-likeness (QED) is 0.740. The van der Waals surface area contributed by atoms with Crippen molar-refractivity contribution in [2.75, 3.05) is 18.0 Å². The van der Waals surface area contributed by atoms with Gasteiger partial charge in [0.2, 0.25) is 5.89 Å². The molecule has 3 aromatic heterocycles. The highest BCUT2D eigenvalue weighted by Gasteiger charge is 2.27. The van der Waals surface area contributed by atoms with Crippen molar-refractivity contribution in [3.8, 4) is 0 Å². The first-order valence-corrected chi connectivity index (χ1v) is 8.48. The fraction of sp³-hybridized carbons (Fsp3) is 0.467. The molecule has 0 spiro atoms. The zero-order valence-electron chi connectivity index (χ0n) is 12.4. The molecule has 22 heavy (non-hydrogen) atoms. The van der Waals surface area contributed by atoms with Crippen LogP contribution in [0, 0.1) is 0 Å². The van der Waals surface area contributed by atoms with Crippen molar-refractivity contribution in [3.63, 3.8) is 0 Å². The van der Waals surface area contributed by atoms with Gasteiger partial charge in [-0.25, -0.2) is 9.97 Å². The van der Waals surface area contributed by atoms with E-state index in [2.05, 4.69) is 36.5 Å². The van der Waals surface area contributed by atoms with Gasteiger partial charge in [-0.15, -0.1) is 11.3 Å². The Bertz CT molecular complexity index is 783. The minimum absolute atomic E-state index is 0.307. The molecule has 0 aliphatic carbocycles. The lowest BCUT2D eigenvalue weighted by molar-refractivity contribution is 0.368. The summed E-state index contributed by atoms with van der Waals surface area (Å²) in [5, 5.41) is 7.35. The Kier molecular flexibility index (Phi) is 3.49. The van der Waals surface area contributed by atoms with Gasteiger partial charge in [0.25, 0.3) is 0 Å². The summed E-state index contributed by atoms with van der Waals surface area (Å²) in [6.45, 7) is 3.92. The Labute approximate surface area is 132 Å². The minimum Gasteiger partial charge on any atom is -0.355 e. The number of hydrogen-bond donors (Lipinski definition) is 0. The van der Waals surface area contributed by atoms with Gasteiger partial charge in [0, 0.05) is 25.4 Å². The van der Waals surface area contributed by atoms with Crippen molar-refractivity contribution < 1.29 is 4.52 Å². The summed E-state index contributed by atoms with van der Waals surface area (Å²) < 4.78 is 5.26. The number of nitrogens with zero attached hydrogens (tertiary/aromatic N) is 5. The molecular formula is C15H17N5OS. The molecule has 7 heteroatoms. The van der Waals surface area contributed by atoms with E-state index in [9.17, 15) is 0 Å². The summed E-state index contributed by atoms with van der Waals surface area (Å²) in [6.07, 6.45) is 4.64. The second-order valence-electron chi connectivity index (χ2n) is 5.52. The van der Waals surface area contributed by atoms with Crippen molar-refractivity contribution >= 4 is 27.4 Å². The number of thiophene rings is 1. The van der Waals surface area contributed by atoms with Crippen LogP contribution in [0.4, 0.5) is 5.82 Å². The molecule has 1 saturated heterocycles. The Balaban J connectivity index is 1.62. The highest BCUT2D eigenvalue weighted by atomic mass is 32.1.